The smallest absolute Gasteiger partial charge is 0.234 e. The van der Waals surface area contributed by atoms with Crippen LogP contribution in [0, 0.1) is 0 Å². The van der Waals surface area contributed by atoms with Crippen LogP contribution in [0.5, 0.6) is 5.75 Å². The fourth-order valence-corrected chi connectivity index (χ4v) is 6.63. The van der Waals surface area contributed by atoms with E-state index in [4.69, 9.17) is 4.74 Å². The molecule has 2 aliphatic heterocycles. The number of hydrogen-bond donors (Lipinski definition) is 1. The number of rotatable bonds is 5. The van der Waals surface area contributed by atoms with Crippen molar-refractivity contribution >= 4 is 60.0 Å². The molecule has 0 radical (unpaired) electrons. The number of ether oxygens (including phenoxy) is 1. The van der Waals surface area contributed by atoms with Gasteiger partial charge in [-0.25, -0.2) is 8.42 Å². The Morgan fingerprint density at radius 2 is 1.97 bits per heavy atom. The summed E-state index contributed by atoms with van der Waals surface area (Å²) in [6.45, 7) is 0. The maximum Gasteiger partial charge on any atom is 0.234 e. The number of nitrogens with zero attached hydrogens (tertiary/aromatic N) is 2. The molecule has 1 amide bonds. The number of fused-ring (bicyclic) bond motifs is 1. The molecule has 2 atom stereocenters. The largest absolute Gasteiger partial charge is 0.495 e. The molecule has 2 unspecified atom stereocenters. The first kappa shape index (κ1) is 21.2. The second kappa shape index (κ2) is 8.60. The van der Waals surface area contributed by atoms with Crippen molar-refractivity contribution in [1.29, 1.82) is 0 Å². The number of sulfone groups is 1. The standard InChI is InChI=1S/C20H20BrN3O4S2/c1-28-18-5-3-2-4-16(18)24-17-12-30(26,27)11-15(17)23-20(24)29-10-19(25)22-14-8-6-13(21)7-9-14/h2-9,15,17H,10-12H2,1H3,(H,22,25). The molecule has 2 aromatic rings. The van der Waals surface area contributed by atoms with Gasteiger partial charge in [-0.15, -0.1) is 0 Å². The van der Waals surface area contributed by atoms with Crippen molar-refractivity contribution in [3.63, 3.8) is 0 Å². The van der Waals surface area contributed by atoms with Gasteiger partial charge in [0.15, 0.2) is 15.0 Å². The lowest BCUT2D eigenvalue weighted by Gasteiger charge is -2.27. The van der Waals surface area contributed by atoms with Crippen molar-refractivity contribution in [2.45, 2.75) is 12.1 Å². The average Bonchev–Trinajstić information content (AvgIpc) is 3.19. The van der Waals surface area contributed by atoms with Crippen LogP contribution in [0.15, 0.2) is 58.0 Å². The van der Waals surface area contributed by atoms with Crippen molar-refractivity contribution in [3.05, 3.63) is 53.0 Å². The van der Waals surface area contributed by atoms with Crippen LogP contribution < -0.4 is 15.0 Å². The molecule has 2 heterocycles. The summed E-state index contributed by atoms with van der Waals surface area (Å²) in [5.41, 5.74) is 1.46. The first-order valence-electron chi connectivity index (χ1n) is 9.25. The van der Waals surface area contributed by atoms with Gasteiger partial charge in [0.05, 0.1) is 42.1 Å². The van der Waals surface area contributed by atoms with Gasteiger partial charge in [-0.2, -0.15) is 0 Å². The Morgan fingerprint density at radius 1 is 1.23 bits per heavy atom. The number of aliphatic imine (C=N–C) groups is 1. The van der Waals surface area contributed by atoms with Crippen LogP contribution in [0.1, 0.15) is 0 Å². The molecule has 30 heavy (non-hydrogen) atoms. The zero-order valence-corrected chi connectivity index (χ0v) is 19.3. The molecule has 0 bridgehead atoms. The van der Waals surface area contributed by atoms with E-state index in [2.05, 4.69) is 26.2 Å². The molecule has 1 N–H and O–H groups in total. The molecular formula is C20H20BrN3O4S2. The lowest BCUT2D eigenvalue weighted by atomic mass is 10.1. The van der Waals surface area contributed by atoms with Gasteiger partial charge in [0.2, 0.25) is 5.91 Å². The first-order valence-corrected chi connectivity index (χ1v) is 12.8. The Balaban J connectivity index is 1.53. The molecule has 0 saturated carbocycles. The monoisotopic (exact) mass is 509 g/mol. The fourth-order valence-electron chi connectivity index (χ4n) is 3.60. The molecule has 7 nitrogen and oxygen atoms in total. The zero-order valence-electron chi connectivity index (χ0n) is 16.1. The number of para-hydroxylation sites is 2. The summed E-state index contributed by atoms with van der Waals surface area (Å²) >= 11 is 4.67. The SMILES string of the molecule is COc1ccccc1N1C(SCC(=O)Nc2ccc(Br)cc2)=NC2CS(=O)(=O)CC21. The van der Waals surface area contributed by atoms with E-state index in [1.807, 2.05) is 53.4 Å². The van der Waals surface area contributed by atoms with Gasteiger partial charge in [-0.3, -0.25) is 9.79 Å². The van der Waals surface area contributed by atoms with E-state index in [0.29, 0.717) is 16.6 Å². The van der Waals surface area contributed by atoms with Crippen LogP contribution in [-0.2, 0) is 14.6 Å². The third-order valence-corrected chi connectivity index (χ3v) is 8.11. The summed E-state index contributed by atoms with van der Waals surface area (Å²) in [6.07, 6.45) is 0. The van der Waals surface area contributed by atoms with E-state index in [9.17, 15) is 13.2 Å². The highest BCUT2D eigenvalue weighted by Crippen LogP contribution is 2.39. The number of nitrogens with one attached hydrogen (secondary N) is 1. The van der Waals surface area contributed by atoms with Crippen LogP contribution in [0.2, 0.25) is 0 Å². The lowest BCUT2D eigenvalue weighted by molar-refractivity contribution is -0.113. The van der Waals surface area contributed by atoms with Crippen LogP contribution >= 0.6 is 27.7 Å². The predicted octanol–water partition coefficient (Wildman–Crippen LogP) is 3.17. The first-order chi connectivity index (χ1) is 14.4. The third-order valence-electron chi connectivity index (χ3n) is 4.91. The number of amides is 1. The summed E-state index contributed by atoms with van der Waals surface area (Å²) in [4.78, 5) is 19.0. The van der Waals surface area contributed by atoms with E-state index in [1.54, 1.807) is 7.11 Å². The summed E-state index contributed by atoms with van der Waals surface area (Å²) in [5, 5.41) is 3.49. The van der Waals surface area contributed by atoms with Crippen molar-refractivity contribution in [2.75, 3.05) is 34.6 Å². The number of carbonyl (C=O) groups excluding carboxylic acids is 1. The van der Waals surface area contributed by atoms with Gasteiger partial charge in [-0.1, -0.05) is 39.8 Å². The Kier molecular flexibility index (Phi) is 6.08. The van der Waals surface area contributed by atoms with E-state index < -0.39 is 9.84 Å². The molecule has 1 saturated heterocycles. The molecule has 10 heteroatoms. The second-order valence-electron chi connectivity index (χ2n) is 7.01. The highest BCUT2D eigenvalue weighted by molar-refractivity contribution is 9.10. The minimum absolute atomic E-state index is 0.0263. The van der Waals surface area contributed by atoms with Gasteiger partial charge < -0.3 is 15.0 Å². The number of amidine groups is 1. The molecule has 158 valence electrons. The number of carbonyl (C=O) groups is 1. The van der Waals surface area contributed by atoms with Gasteiger partial charge >= 0.3 is 0 Å². The number of benzene rings is 2. The van der Waals surface area contributed by atoms with E-state index in [-0.39, 0.29) is 35.2 Å². The quantitative estimate of drug-likeness (QED) is 0.665. The summed E-state index contributed by atoms with van der Waals surface area (Å²) in [7, 11) is -1.57. The molecule has 2 aliphatic rings. The maximum atomic E-state index is 12.4. The van der Waals surface area contributed by atoms with Gasteiger partial charge in [-0.05, 0) is 36.4 Å². The van der Waals surface area contributed by atoms with E-state index >= 15 is 0 Å². The van der Waals surface area contributed by atoms with Gasteiger partial charge in [0.1, 0.15) is 5.75 Å². The van der Waals surface area contributed by atoms with Crippen molar-refractivity contribution < 1.29 is 17.9 Å². The molecule has 4 rings (SSSR count). The highest BCUT2D eigenvalue weighted by atomic mass is 79.9. The maximum absolute atomic E-state index is 12.4. The normalized spacial score (nSPS) is 21.8. The summed E-state index contributed by atoms with van der Waals surface area (Å²) in [6, 6.07) is 14.2. The Bertz CT molecular complexity index is 1090. The number of hydrogen-bond acceptors (Lipinski definition) is 7. The molecule has 0 spiro atoms. The fraction of sp³-hybridized carbons (Fsp3) is 0.300. The van der Waals surface area contributed by atoms with Crippen molar-refractivity contribution in [2.24, 2.45) is 4.99 Å². The van der Waals surface area contributed by atoms with Crippen LogP contribution in [0.25, 0.3) is 0 Å². The Morgan fingerprint density at radius 3 is 2.70 bits per heavy atom. The summed E-state index contributed by atoms with van der Waals surface area (Å²) in [5.74, 6) is 0.698. The van der Waals surface area contributed by atoms with E-state index in [1.165, 1.54) is 11.8 Å². The predicted molar refractivity (Wildman–Crippen MR) is 124 cm³/mol. The Hall–Kier alpha value is -2.04. The number of thioether (sulfide) groups is 1. The van der Waals surface area contributed by atoms with Crippen molar-refractivity contribution in [3.8, 4) is 5.75 Å². The lowest BCUT2D eigenvalue weighted by Crippen LogP contribution is -2.39. The van der Waals surface area contributed by atoms with Gasteiger partial charge in [0.25, 0.3) is 0 Å². The molecule has 2 aromatic carbocycles. The van der Waals surface area contributed by atoms with Crippen LogP contribution in [0.4, 0.5) is 11.4 Å². The van der Waals surface area contributed by atoms with Crippen LogP contribution in [0.3, 0.4) is 0 Å². The number of halogens is 1. The highest BCUT2D eigenvalue weighted by Gasteiger charge is 2.47. The minimum Gasteiger partial charge on any atom is -0.495 e. The van der Waals surface area contributed by atoms with Crippen molar-refractivity contribution in [1.82, 2.24) is 0 Å². The van der Waals surface area contributed by atoms with E-state index in [0.717, 1.165) is 10.2 Å². The third kappa shape index (κ3) is 4.50. The molecule has 0 aliphatic carbocycles. The zero-order chi connectivity index (χ0) is 21.3. The van der Waals surface area contributed by atoms with Gasteiger partial charge in [0, 0.05) is 10.2 Å². The minimum atomic E-state index is -3.15. The second-order valence-corrected chi connectivity index (χ2v) is 11.0. The summed E-state index contributed by atoms with van der Waals surface area (Å²) < 4.78 is 30.8. The van der Waals surface area contributed by atoms with Crippen LogP contribution in [-0.4, -0.2) is 55.9 Å². The Labute approximate surface area is 187 Å². The average molecular weight is 510 g/mol. The molecule has 1 fully saturated rings. The number of anilines is 2. The molecular weight excluding hydrogens is 490 g/mol. The molecule has 0 aromatic heterocycles. The number of methoxy groups -OCH3 is 1. The topological polar surface area (TPSA) is 88.1 Å².